The summed E-state index contributed by atoms with van der Waals surface area (Å²) in [6.45, 7) is 1.43. The number of ether oxygens (including phenoxy) is 2. The molecule has 0 aromatic heterocycles. The monoisotopic (exact) mass is 239 g/mol. The van der Waals surface area contributed by atoms with Crippen LogP contribution in [-0.4, -0.2) is 37.4 Å². The molecule has 0 heterocycles. The van der Waals surface area contributed by atoms with E-state index in [-0.39, 0.29) is 6.54 Å². The molecule has 1 aromatic rings. The summed E-state index contributed by atoms with van der Waals surface area (Å²) in [6, 6.07) is 7.25. The fourth-order valence-corrected chi connectivity index (χ4v) is 1.35. The Morgan fingerprint density at radius 2 is 2.06 bits per heavy atom. The molecule has 0 saturated carbocycles. The first kappa shape index (κ1) is 13.3. The van der Waals surface area contributed by atoms with Crippen LogP contribution in [0.1, 0.15) is 6.92 Å². The average molecular weight is 239 g/mol. The van der Waals surface area contributed by atoms with Gasteiger partial charge in [-0.3, -0.25) is 0 Å². The number of aliphatic hydroxyl groups is 1. The predicted molar refractivity (Wildman–Crippen MR) is 64.1 cm³/mol. The number of esters is 1. The molecule has 1 rings (SSSR count). The largest absolute Gasteiger partial charge is 0.495 e. The molecule has 94 valence electrons. The summed E-state index contributed by atoms with van der Waals surface area (Å²) in [5.74, 6) is -0.0342. The summed E-state index contributed by atoms with van der Waals surface area (Å²) >= 11 is 0. The van der Waals surface area contributed by atoms with Crippen LogP contribution >= 0.6 is 0 Å². The second-order valence-corrected chi connectivity index (χ2v) is 3.82. The molecule has 5 nitrogen and oxygen atoms in total. The molecule has 17 heavy (non-hydrogen) atoms. The van der Waals surface area contributed by atoms with Crippen LogP contribution in [0, 0.1) is 0 Å². The van der Waals surface area contributed by atoms with Crippen molar-refractivity contribution in [3.63, 3.8) is 0 Å². The number of para-hydroxylation sites is 2. The third-order valence-corrected chi connectivity index (χ3v) is 2.36. The van der Waals surface area contributed by atoms with E-state index in [1.54, 1.807) is 19.2 Å². The van der Waals surface area contributed by atoms with Gasteiger partial charge in [-0.05, 0) is 19.1 Å². The van der Waals surface area contributed by atoms with Crippen LogP contribution in [0.2, 0.25) is 0 Å². The molecule has 0 aliphatic carbocycles. The highest BCUT2D eigenvalue weighted by Gasteiger charge is 2.31. The molecule has 0 aliphatic heterocycles. The van der Waals surface area contributed by atoms with E-state index < -0.39 is 11.6 Å². The van der Waals surface area contributed by atoms with Gasteiger partial charge in [-0.25, -0.2) is 4.79 Å². The van der Waals surface area contributed by atoms with Crippen molar-refractivity contribution < 1.29 is 19.4 Å². The molecule has 5 heteroatoms. The van der Waals surface area contributed by atoms with Crippen LogP contribution in [0.3, 0.4) is 0 Å². The lowest BCUT2D eigenvalue weighted by Crippen LogP contribution is -2.42. The smallest absolute Gasteiger partial charge is 0.339 e. The van der Waals surface area contributed by atoms with Gasteiger partial charge in [0, 0.05) is 0 Å². The lowest BCUT2D eigenvalue weighted by atomic mass is 10.1. The number of rotatable bonds is 5. The second kappa shape index (κ2) is 5.54. The van der Waals surface area contributed by atoms with Gasteiger partial charge in [0.15, 0.2) is 5.60 Å². The van der Waals surface area contributed by atoms with Crippen molar-refractivity contribution in [3.05, 3.63) is 24.3 Å². The summed E-state index contributed by atoms with van der Waals surface area (Å²) in [6.07, 6.45) is 0. The first-order chi connectivity index (χ1) is 8.01. The third kappa shape index (κ3) is 3.35. The van der Waals surface area contributed by atoms with E-state index in [1.807, 2.05) is 12.1 Å². The fourth-order valence-electron chi connectivity index (χ4n) is 1.35. The van der Waals surface area contributed by atoms with Gasteiger partial charge in [0.1, 0.15) is 5.75 Å². The van der Waals surface area contributed by atoms with Gasteiger partial charge in [0.25, 0.3) is 0 Å². The zero-order chi connectivity index (χ0) is 12.9. The Morgan fingerprint density at radius 3 is 2.65 bits per heavy atom. The molecule has 1 unspecified atom stereocenters. The van der Waals surface area contributed by atoms with Crippen LogP contribution in [-0.2, 0) is 9.53 Å². The van der Waals surface area contributed by atoms with Crippen molar-refractivity contribution >= 4 is 11.7 Å². The molecular formula is C12H17NO4. The summed E-state index contributed by atoms with van der Waals surface area (Å²) in [5.41, 5.74) is -0.866. The van der Waals surface area contributed by atoms with Crippen molar-refractivity contribution in [2.24, 2.45) is 0 Å². The SMILES string of the molecule is COC(=O)C(C)(O)CNc1ccccc1OC. The quantitative estimate of drug-likeness (QED) is 0.751. The number of methoxy groups -OCH3 is 2. The van der Waals surface area contributed by atoms with Crippen molar-refractivity contribution in [2.75, 3.05) is 26.1 Å². The standard InChI is InChI=1S/C12H17NO4/c1-12(15,11(14)17-3)8-13-9-6-4-5-7-10(9)16-2/h4-7,13,15H,8H2,1-3H3. The molecule has 0 radical (unpaired) electrons. The Hall–Kier alpha value is -1.75. The summed E-state index contributed by atoms with van der Waals surface area (Å²) < 4.78 is 9.64. The maximum atomic E-state index is 11.3. The maximum absolute atomic E-state index is 11.3. The van der Waals surface area contributed by atoms with Crippen LogP contribution in [0.25, 0.3) is 0 Å². The van der Waals surface area contributed by atoms with E-state index in [0.717, 1.165) is 0 Å². The van der Waals surface area contributed by atoms with Gasteiger partial charge >= 0.3 is 5.97 Å². The number of nitrogens with one attached hydrogen (secondary N) is 1. The lowest BCUT2D eigenvalue weighted by Gasteiger charge is -2.21. The van der Waals surface area contributed by atoms with Crippen molar-refractivity contribution in [2.45, 2.75) is 12.5 Å². The minimum Gasteiger partial charge on any atom is -0.495 e. The predicted octanol–water partition coefficient (Wildman–Crippen LogP) is 1.03. The van der Waals surface area contributed by atoms with Crippen molar-refractivity contribution in [3.8, 4) is 5.75 Å². The second-order valence-electron chi connectivity index (χ2n) is 3.82. The molecule has 0 fully saturated rings. The highest BCUT2D eigenvalue weighted by molar-refractivity contribution is 5.79. The first-order valence-corrected chi connectivity index (χ1v) is 5.19. The molecule has 0 bridgehead atoms. The average Bonchev–Trinajstić information content (AvgIpc) is 2.35. The van der Waals surface area contributed by atoms with Crippen LogP contribution in [0.5, 0.6) is 5.75 Å². The maximum Gasteiger partial charge on any atom is 0.339 e. The number of hydrogen-bond acceptors (Lipinski definition) is 5. The topological polar surface area (TPSA) is 67.8 Å². The van der Waals surface area contributed by atoms with E-state index in [9.17, 15) is 9.90 Å². The third-order valence-electron chi connectivity index (χ3n) is 2.36. The van der Waals surface area contributed by atoms with E-state index >= 15 is 0 Å². The Bertz CT molecular complexity index is 390. The first-order valence-electron chi connectivity index (χ1n) is 5.19. The van der Waals surface area contributed by atoms with E-state index in [2.05, 4.69) is 10.1 Å². The summed E-state index contributed by atoms with van der Waals surface area (Å²) in [4.78, 5) is 11.3. The highest BCUT2D eigenvalue weighted by atomic mass is 16.5. The van der Waals surface area contributed by atoms with Crippen molar-refractivity contribution in [1.82, 2.24) is 0 Å². The summed E-state index contributed by atoms with van der Waals surface area (Å²) in [5, 5.41) is 12.8. The van der Waals surface area contributed by atoms with Gasteiger partial charge in [0.2, 0.25) is 0 Å². The van der Waals surface area contributed by atoms with E-state index in [0.29, 0.717) is 11.4 Å². The minimum atomic E-state index is -1.57. The fraction of sp³-hybridized carbons (Fsp3) is 0.417. The molecule has 1 aromatic carbocycles. The highest BCUT2D eigenvalue weighted by Crippen LogP contribution is 2.23. The Labute approximate surface area is 100 Å². The Morgan fingerprint density at radius 1 is 1.41 bits per heavy atom. The van der Waals surface area contributed by atoms with Crippen LogP contribution < -0.4 is 10.1 Å². The molecule has 0 saturated heterocycles. The minimum absolute atomic E-state index is 0.0417. The summed E-state index contributed by atoms with van der Waals surface area (Å²) in [7, 11) is 2.79. The molecule has 1 atom stereocenters. The number of anilines is 1. The Kier molecular flexibility index (Phi) is 4.34. The molecule has 0 aliphatic rings. The molecule has 0 spiro atoms. The normalized spacial score (nSPS) is 13.6. The van der Waals surface area contributed by atoms with E-state index in [1.165, 1.54) is 14.0 Å². The van der Waals surface area contributed by atoms with E-state index in [4.69, 9.17) is 4.74 Å². The van der Waals surface area contributed by atoms with Gasteiger partial charge < -0.3 is 19.9 Å². The lowest BCUT2D eigenvalue weighted by molar-refractivity contribution is -0.158. The van der Waals surface area contributed by atoms with Gasteiger partial charge in [-0.15, -0.1) is 0 Å². The van der Waals surface area contributed by atoms with Gasteiger partial charge in [0.05, 0.1) is 26.5 Å². The molecule has 2 N–H and O–H groups in total. The van der Waals surface area contributed by atoms with Crippen molar-refractivity contribution in [1.29, 1.82) is 0 Å². The Balaban J connectivity index is 2.70. The number of benzene rings is 1. The zero-order valence-electron chi connectivity index (χ0n) is 10.2. The number of hydrogen-bond donors (Lipinski definition) is 2. The molecule has 0 amide bonds. The number of carbonyl (C=O) groups is 1. The van der Waals surface area contributed by atoms with Gasteiger partial charge in [-0.1, -0.05) is 12.1 Å². The number of carbonyl (C=O) groups excluding carboxylic acids is 1. The van der Waals surface area contributed by atoms with Crippen LogP contribution in [0.4, 0.5) is 5.69 Å². The van der Waals surface area contributed by atoms with Gasteiger partial charge in [-0.2, -0.15) is 0 Å². The van der Waals surface area contributed by atoms with Crippen LogP contribution in [0.15, 0.2) is 24.3 Å². The zero-order valence-corrected chi connectivity index (χ0v) is 10.2. The molecular weight excluding hydrogens is 222 g/mol.